The lowest BCUT2D eigenvalue weighted by Gasteiger charge is -2.16. The van der Waals surface area contributed by atoms with Crippen LogP contribution in [0.4, 0.5) is 0 Å². The second kappa shape index (κ2) is 66.5. The Bertz CT molecular complexity index is 4120. The van der Waals surface area contributed by atoms with Crippen molar-refractivity contribution >= 4 is 59.6 Å². The molecule has 6 aromatic rings. The van der Waals surface area contributed by atoms with E-state index in [0.29, 0.717) is 113 Å². The highest BCUT2D eigenvalue weighted by Crippen LogP contribution is 2.36. The van der Waals surface area contributed by atoms with Crippen LogP contribution in [0.2, 0.25) is 0 Å². The van der Waals surface area contributed by atoms with E-state index in [1.807, 2.05) is 0 Å². The highest BCUT2D eigenvalue weighted by Gasteiger charge is 2.26. The predicted octanol–water partition coefficient (Wildman–Crippen LogP) is 23.4. The predicted molar refractivity (Wildman–Crippen MR) is 503 cm³/mol. The molecule has 130 heavy (non-hydrogen) atoms. The molecule has 24 nitrogen and oxygen atoms in total. The summed E-state index contributed by atoms with van der Waals surface area (Å²) >= 11 is 0. The van der Waals surface area contributed by atoms with Gasteiger partial charge in [0, 0.05) is 24.3 Å². The summed E-state index contributed by atoms with van der Waals surface area (Å²) in [6.07, 6.45) is 46.3. The number of ether oxygens (including phenoxy) is 12. The van der Waals surface area contributed by atoms with E-state index in [9.17, 15) is 47.9 Å². The second-order valence-electron chi connectivity index (χ2n) is 32.5. The van der Waals surface area contributed by atoms with Gasteiger partial charge >= 0.3 is 47.8 Å². The Hall–Kier alpha value is -11.8. The molecule has 0 fully saturated rings. The van der Waals surface area contributed by atoms with E-state index >= 15 is 0 Å². The number of rotatable bonds is 75. The zero-order valence-electron chi connectivity index (χ0n) is 76.6. The van der Waals surface area contributed by atoms with Gasteiger partial charge in [0.2, 0.25) is 0 Å². The number of unbranched alkanes of at least 4 members (excludes halogenated alkanes) is 37. The molecule has 24 heteroatoms. The molecule has 706 valence electrons. The zero-order chi connectivity index (χ0) is 93.2. The van der Waals surface area contributed by atoms with E-state index in [2.05, 4.69) is 26.3 Å². The number of hydrogen-bond donors (Lipinski definition) is 2. The van der Waals surface area contributed by atoms with E-state index in [-0.39, 0.29) is 81.2 Å². The summed E-state index contributed by atoms with van der Waals surface area (Å²) in [6, 6.07) is 32.1. The van der Waals surface area contributed by atoms with Gasteiger partial charge in [-0.25, -0.2) is 38.4 Å². The molecular weight excluding hydrogens is 1650 g/mol. The number of nitrogens with two attached hydrogens (primary N) is 2. The standard InChI is InChI=1S/C106H140N2O22/c1-5-95(109)123-73-47-37-27-17-9-13-23-33-43-69-119-87-61-53-81(54-62-87)103(115)127-91-77-85(99(93(79-91)101(107)113)129-105(117)83-57-65-89(66-58-83)121-71-45-35-25-15-11-19-29-39-49-75-125-97(111)7-3)51-41-31-21-22-32-42-52-86-78-92(128-104(116)82-55-63-88(64-56-82)120-70-44-34-24-14-10-18-28-38-48-74-124-96(110)6-2)80-94(102(108)114)100(86)130-106(118)84-59-67-90(68-60-84)122-72-46-36-26-16-12-20-30-40-50-76-126-98(112)8-4/h5-8,53-68,77-80H,1-4,9-52,69-76H2,(H2,107,113)(H2,108,114). The number of aryl methyl sites for hydroxylation is 2. The number of amides is 2. The van der Waals surface area contributed by atoms with Gasteiger partial charge in [-0.05, 0) is 210 Å². The van der Waals surface area contributed by atoms with Crippen molar-refractivity contribution in [1.82, 2.24) is 0 Å². The summed E-state index contributed by atoms with van der Waals surface area (Å²) in [5, 5.41) is 0. The van der Waals surface area contributed by atoms with Crippen molar-refractivity contribution in [3.05, 3.63) is 216 Å². The summed E-state index contributed by atoms with van der Waals surface area (Å²) < 4.78 is 68.4. The summed E-state index contributed by atoms with van der Waals surface area (Å²) in [5.74, 6) is -4.09. The Morgan fingerprint density at radius 1 is 0.223 bits per heavy atom. The molecule has 0 aliphatic rings. The van der Waals surface area contributed by atoms with Crippen LogP contribution in [-0.2, 0) is 51.0 Å². The Labute approximate surface area is 769 Å². The van der Waals surface area contributed by atoms with Gasteiger partial charge in [-0.2, -0.15) is 0 Å². The molecule has 0 aromatic heterocycles. The summed E-state index contributed by atoms with van der Waals surface area (Å²) in [7, 11) is 0. The Morgan fingerprint density at radius 3 is 0.608 bits per heavy atom. The quantitative estimate of drug-likeness (QED) is 0.0118. The normalized spacial score (nSPS) is 10.9. The van der Waals surface area contributed by atoms with Crippen LogP contribution in [0.1, 0.15) is 343 Å². The first-order chi connectivity index (χ1) is 63.4. The SMILES string of the molecule is C=CC(=O)OCCCCCCCCCCCOc1ccc(C(=O)Oc2cc(CCCCCCCCc3cc(OC(=O)c4ccc(OCCCCCCCCCCCOC(=O)C=C)cc4)cc(C(N)=O)c3OC(=O)c3ccc(OCCCCCCCCCCCOC(=O)C=C)cc3)c(OC(=O)c3ccc(OCCCCCCCCCCCOC(=O)C=C)cc3)c(C(N)=O)c2)cc1. The van der Waals surface area contributed by atoms with Crippen LogP contribution in [-0.4, -0.2) is 112 Å². The highest BCUT2D eigenvalue weighted by molar-refractivity contribution is 6.01. The smallest absolute Gasteiger partial charge is 0.343 e. The van der Waals surface area contributed by atoms with Gasteiger partial charge in [-0.3, -0.25) is 9.59 Å². The Balaban J connectivity index is 1.08. The van der Waals surface area contributed by atoms with Crippen LogP contribution in [0, 0.1) is 0 Å². The lowest BCUT2D eigenvalue weighted by atomic mass is 9.99. The Kier molecular flexibility index (Phi) is 54.7. The molecule has 0 saturated carbocycles. The molecule has 2 amide bonds. The van der Waals surface area contributed by atoms with Gasteiger partial charge in [0.25, 0.3) is 11.8 Å². The van der Waals surface area contributed by atoms with E-state index < -0.39 is 47.6 Å². The van der Waals surface area contributed by atoms with Gasteiger partial charge in [0.05, 0.1) is 86.2 Å². The molecule has 0 aliphatic heterocycles. The fourth-order valence-corrected chi connectivity index (χ4v) is 14.6. The minimum atomic E-state index is -0.917. The maximum absolute atomic E-state index is 14.1. The molecule has 0 unspecified atom stereocenters. The fraction of sp³-hybridized carbons (Fsp3) is 0.491. The highest BCUT2D eigenvalue weighted by atomic mass is 16.6. The van der Waals surface area contributed by atoms with Crippen LogP contribution in [0.3, 0.4) is 0 Å². The first kappa shape index (κ1) is 107. The number of carbonyl (C=O) groups is 10. The summed E-state index contributed by atoms with van der Waals surface area (Å²) in [6.45, 7) is 17.4. The van der Waals surface area contributed by atoms with Crippen molar-refractivity contribution in [2.45, 2.75) is 283 Å². The van der Waals surface area contributed by atoms with E-state index in [0.717, 1.165) is 244 Å². The minimum Gasteiger partial charge on any atom is -0.494 e. The summed E-state index contributed by atoms with van der Waals surface area (Å²) in [5.41, 5.74) is 13.5. The van der Waals surface area contributed by atoms with Gasteiger partial charge in [0.15, 0.2) is 0 Å². The molecular formula is C106H140N2O22. The molecule has 0 saturated heterocycles. The molecule has 6 aromatic carbocycles. The van der Waals surface area contributed by atoms with E-state index in [4.69, 9.17) is 68.3 Å². The lowest BCUT2D eigenvalue weighted by Crippen LogP contribution is -2.18. The molecule has 0 aliphatic carbocycles. The zero-order valence-corrected chi connectivity index (χ0v) is 76.6. The average Bonchev–Trinajstić information content (AvgIpc) is 0.803. The molecule has 0 atom stereocenters. The van der Waals surface area contributed by atoms with Crippen molar-refractivity contribution in [3.63, 3.8) is 0 Å². The van der Waals surface area contributed by atoms with Crippen molar-refractivity contribution < 1.29 is 105 Å². The fourth-order valence-electron chi connectivity index (χ4n) is 14.6. The molecule has 0 bridgehead atoms. The van der Waals surface area contributed by atoms with Gasteiger partial charge in [-0.15, -0.1) is 0 Å². The number of benzene rings is 6. The Morgan fingerprint density at radius 2 is 0.408 bits per heavy atom. The van der Waals surface area contributed by atoms with Crippen LogP contribution >= 0.6 is 0 Å². The number of esters is 8. The third-order valence-electron chi connectivity index (χ3n) is 22.0. The monoisotopic (exact) mass is 1790 g/mol. The van der Waals surface area contributed by atoms with Crippen molar-refractivity contribution in [1.29, 1.82) is 0 Å². The topological polar surface area (TPSA) is 333 Å². The average molecular weight is 1790 g/mol. The molecule has 0 heterocycles. The van der Waals surface area contributed by atoms with Gasteiger partial charge in [0.1, 0.15) is 46.0 Å². The lowest BCUT2D eigenvalue weighted by molar-refractivity contribution is -0.138. The number of carbonyl (C=O) groups excluding carboxylic acids is 10. The summed E-state index contributed by atoms with van der Waals surface area (Å²) in [4.78, 5) is 128. The molecule has 0 radical (unpaired) electrons. The van der Waals surface area contributed by atoms with Crippen LogP contribution in [0.25, 0.3) is 0 Å². The third kappa shape index (κ3) is 45.9. The van der Waals surface area contributed by atoms with Crippen LogP contribution in [0.15, 0.2) is 172 Å². The second-order valence-corrected chi connectivity index (χ2v) is 32.5. The van der Waals surface area contributed by atoms with Crippen molar-refractivity contribution in [3.8, 4) is 46.0 Å². The van der Waals surface area contributed by atoms with E-state index in [1.54, 1.807) is 109 Å². The number of hydrogen-bond acceptors (Lipinski definition) is 22. The third-order valence-corrected chi connectivity index (χ3v) is 22.0. The van der Waals surface area contributed by atoms with Gasteiger partial charge < -0.3 is 68.3 Å². The molecule has 0 spiro atoms. The maximum Gasteiger partial charge on any atom is 0.343 e. The molecule has 4 N–H and O–H groups in total. The van der Waals surface area contributed by atoms with Crippen LogP contribution < -0.4 is 49.4 Å². The largest absolute Gasteiger partial charge is 0.494 e. The van der Waals surface area contributed by atoms with Gasteiger partial charge in [-0.1, -0.05) is 232 Å². The number of primary amides is 2. The first-order valence-electron chi connectivity index (χ1n) is 47.3. The van der Waals surface area contributed by atoms with Crippen molar-refractivity contribution in [2.75, 3.05) is 52.9 Å². The maximum atomic E-state index is 14.1. The minimum absolute atomic E-state index is 0.0126. The van der Waals surface area contributed by atoms with Crippen LogP contribution in [0.5, 0.6) is 46.0 Å². The van der Waals surface area contributed by atoms with E-state index in [1.165, 1.54) is 36.4 Å². The first-order valence-corrected chi connectivity index (χ1v) is 47.3. The van der Waals surface area contributed by atoms with Crippen molar-refractivity contribution in [2.24, 2.45) is 11.5 Å². The molecule has 6 rings (SSSR count).